The van der Waals surface area contributed by atoms with Crippen molar-refractivity contribution in [2.75, 3.05) is 0 Å². The second kappa shape index (κ2) is 2.84. The molecule has 0 N–H and O–H groups in total. The van der Waals surface area contributed by atoms with Crippen LogP contribution in [-0.2, 0) is 0 Å². The van der Waals surface area contributed by atoms with Gasteiger partial charge in [-0.2, -0.15) is 5.26 Å². The summed E-state index contributed by atoms with van der Waals surface area (Å²) in [6, 6.07) is 2.26. The Bertz CT molecular complexity index is 148. The third-order valence-corrected chi connectivity index (χ3v) is 2.04. The monoisotopic (exact) mass is 157 g/mol. The summed E-state index contributed by atoms with van der Waals surface area (Å²) in [5.74, 6) is 0. The van der Waals surface area contributed by atoms with Crippen molar-refractivity contribution in [2.45, 2.75) is 44.1 Å². The predicted octanol–water partition coefficient (Wildman–Crippen LogP) is 2.82. The van der Waals surface area contributed by atoms with Gasteiger partial charge in [0.15, 0.2) is 0 Å². The van der Waals surface area contributed by atoms with E-state index in [1.165, 1.54) is 0 Å². The van der Waals surface area contributed by atoms with Gasteiger partial charge < -0.3 is 0 Å². The maximum Gasteiger partial charge on any atom is 0.0972 e. The van der Waals surface area contributed by atoms with E-state index >= 15 is 0 Å². The molecular weight excluding hydrogens is 142 g/mol. The predicted molar refractivity (Wildman–Crippen MR) is 47.0 cm³/mol. The first-order valence-electron chi connectivity index (χ1n) is 3.38. The summed E-state index contributed by atoms with van der Waals surface area (Å²) in [4.78, 5) is 0. The van der Waals surface area contributed by atoms with Crippen LogP contribution in [0.2, 0.25) is 0 Å². The van der Waals surface area contributed by atoms with Crippen LogP contribution in [0, 0.1) is 11.3 Å². The van der Waals surface area contributed by atoms with Gasteiger partial charge in [0.2, 0.25) is 0 Å². The lowest BCUT2D eigenvalue weighted by atomic mass is 10.2. The quantitative estimate of drug-likeness (QED) is 0.584. The van der Waals surface area contributed by atoms with Crippen molar-refractivity contribution < 1.29 is 0 Å². The van der Waals surface area contributed by atoms with Gasteiger partial charge in [-0.05, 0) is 13.8 Å². The number of hydrogen-bond donors (Lipinski definition) is 0. The van der Waals surface area contributed by atoms with Crippen molar-refractivity contribution in [3.8, 4) is 6.07 Å². The molecule has 0 radical (unpaired) electrons. The third-order valence-electron chi connectivity index (χ3n) is 0.831. The van der Waals surface area contributed by atoms with Crippen LogP contribution in [0.5, 0.6) is 0 Å². The van der Waals surface area contributed by atoms with E-state index in [1.807, 2.05) is 13.8 Å². The van der Waals surface area contributed by atoms with Crippen LogP contribution in [0.15, 0.2) is 0 Å². The number of nitriles is 1. The van der Waals surface area contributed by atoms with E-state index in [0.29, 0.717) is 0 Å². The summed E-state index contributed by atoms with van der Waals surface area (Å²) in [6.07, 6.45) is 0. The van der Waals surface area contributed by atoms with Gasteiger partial charge in [-0.15, -0.1) is 11.8 Å². The van der Waals surface area contributed by atoms with E-state index in [1.54, 1.807) is 11.8 Å². The van der Waals surface area contributed by atoms with Crippen LogP contribution in [0.25, 0.3) is 0 Å². The first kappa shape index (κ1) is 9.84. The molecule has 0 aliphatic rings. The van der Waals surface area contributed by atoms with Crippen molar-refractivity contribution in [3.05, 3.63) is 0 Å². The van der Waals surface area contributed by atoms with Crippen molar-refractivity contribution in [3.63, 3.8) is 0 Å². The molecule has 0 unspecified atom stereocenters. The lowest BCUT2D eigenvalue weighted by Gasteiger charge is -2.25. The second-order valence-electron chi connectivity index (χ2n) is 3.84. The summed E-state index contributed by atoms with van der Waals surface area (Å²) < 4.78 is -0.0719. The van der Waals surface area contributed by atoms with E-state index in [2.05, 4.69) is 26.8 Å². The Labute approximate surface area is 67.8 Å². The van der Waals surface area contributed by atoms with Gasteiger partial charge in [-0.3, -0.25) is 0 Å². The Morgan fingerprint density at radius 1 is 1.10 bits per heavy atom. The number of hydrogen-bond acceptors (Lipinski definition) is 2. The first-order valence-corrected chi connectivity index (χ1v) is 4.20. The molecule has 1 nitrogen and oxygen atoms in total. The van der Waals surface area contributed by atoms with Crippen molar-refractivity contribution in [1.29, 1.82) is 5.26 Å². The lowest BCUT2D eigenvalue weighted by molar-refractivity contribution is 0.776. The van der Waals surface area contributed by atoms with Crippen LogP contribution in [0.4, 0.5) is 0 Å². The summed E-state index contributed by atoms with van der Waals surface area (Å²) >= 11 is 1.70. The lowest BCUT2D eigenvalue weighted by Crippen LogP contribution is -2.21. The molecule has 2 heteroatoms. The zero-order chi connectivity index (χ0) is 8.41. The highest BCUT2D eigenvalue weighted by Gasteiger charge is 2.25. The van der Waals surface area contributed by atoms with E-state index in [-0.39, 0.29) is 9.49 Å². The van der Waals surface area contributed by atoms with Crippen LogP contribution in [0.3, 0.4) is 0 Å². The molecule has 0 rings (SSSR count). The maximum atomic E-state index is 8.69. The molecule has 0 aromatic heterocycles. The normalized spacial score (nSPS) is 12.8. The molecule has 58 valence electrons. The fraction of sp³-hybridized carbons (Fsp3) is 0.875. The molecule has 0 fully saturated rings. The summed E-state index contributed by atoms with van der Waals surface area (Å²) in [5.41, 5.74) is 0. The largest absolute Gasteiger partial charge is 0.197 e. The Kier molecular flexibility index (Phi) is 2.79. The highest BCUT2D eigenvalue weighted by molar-refractivity contribution is 8.02. The molecule has 0 bridgehead atoms. The molecule has 0 saturated carbocycles. The summed E-state index contributed by atoms with van der Waals surface area (Å²) in [5, 5.41) is 8.69. The highest BCUT2D eigenvalue weighted by Crippen LogP contribution is 2.35. The Balaban J connectivity index is 4.05. The van der Waals surface area contributed by atoms with Gasteiger partial charge in [0.1, 0.15) is 0 Å². The summed E-state index contributed by atoms with van der Waals surface area (Å²) in [6.45, 7) is 10.3. The average Bonchev–Trinajstić information content (AvgIpc) is 1.60. The van der Waals surface area contributed by atoms with Crippen molar-refractivity contribution in [1.82, 2.24) is 0 Å². The Hall–Kier alpha value is -0.160. The zero-order valence-electron chi connectivity index (χ0n) is 7.36. The molecule has 0 aliphatic carbocycles. The maximum absolute atomic E-state index is 8.69. The Morgan fingerprint density at radius 2 is 1.50 bits per heavy atom. The summed E-state index contributed by atoms with van der Waals surface area (Å²) in [7, 11) is 0. The standard InChI is InChI=1S/C8H15NS/c1-7(2,3)10-8(4,5)6-9/h1-5H3. The molecule has 0 aromatic carbocycles. The molecule has 10 heavy (non-hydrogen) atoms. The zero-order valence-corrected chi connectivity index (χ0v) is 8.17. The molecule has 0 spiro atoms. The van der Waals surface area contributed by atoms with Gasteiger partial charge in [0.25, 0.3) is 0 Å². The van der Waals surface area contributed by atoms with Gasteiger partial charge in [-0.25, -0.2) is 0 Å². The Morgan fingerprint density at radius 3 is 1.60 bits per heavy atom. The topological polar surface area (TPSA) is 23.8 Å². The third kappa shape index (κ3) is 4.69. The van der Waals surface area contributed by atoms with Crippen LogP contribution >= 0.6 is 11.8 Å². The molecule has 0 amide bonds. The number of nitrogens with zero attached hydrogens (tertiary/aromatic N) is 1. The number of rotatable bonds is 1. The van der Waals surface area contributed by atoms with Gasteiger partial charge in [-0.1, -0.05) is 20.8 Å². The van der Waals surface area contributed by atoms with Crippen LogP contribution in [0.1, 0.15) is 34.6 Å². The molecule has 0 saturated heterocycles. The van der Waals surface area contributed by atoms with E-state index < -0.39 is 0 Å². The first-order chi connectivity index (χ1) is 4.27. The van der Waals surface area contributed by atoms with E-state index in [0.717, 1.165) is 0 Å². The van der Waals surface area contributed by atoms with E-state index in [4.69, 9.17) is 5.26 Å². The average molecular weight is 157 g/mol. The minimum atomic E-state index is -0.252. The molecular formula is C8H15NS. The minimum Gasteiger partial charge on any atom is -0.197 e. The number of thioether (sulfide) groups is 1. The highest BCUT2D eigenvalue weighted by atomic mass is 32.2. The SMILES string of the molecule is CC(C)(C)SC(C)(C)C#N. The van der Waals surface area contributed by atoms with Crippen LogP contribution in [-0.4, -0.2) is 9.49 Å². The molecule has 0 aromatic rings. The van der Waals surface area contributed by atoms with Gasteiger partial charge >= 0.3 is 0 Å². The second-order valence-corrected chi connectivity index (χ2v) is 6.29. The van der Waals surface area contributed by atoms with E-state index in [9.17, 15) is 0 Å². The van der Waals surface area contributed by atoms with Crippen molar-refractivity contribution >= 4 is 11.8 Å². The van der Waals surface area contributed by atoms with Crippen LogP contribution < -0.4 is 0 Å². The smallest absolute Gasteiger partial charge is 0.0972 e. The van der Waals surface area contributed by atoms with Gasteiger partial charge in [0, 0.05) is 4.75 Å². The molecule has 0 aliphatic heterocycles. The molecule has 0 heterocycles. The van der Waals surface area contributed by atoms with Crippen molar-refractivity contribution in [2.24, 2.45) is 0 Å². The molecule has 0 atom stereocenters. The minimum absolute atomic E-state index is 0.180. The van der Waals surface area contributed by atoms with Gasteiger partial charge in [0.05, 0.1) is 10.8 Å². The fourth-order valence-corrected chi connectivity index (χ4v) is 2.36. The fourth-order valence-electron chi connectivity index (χ4n) is 0.788.